The lowest BCUT2D eigenvalue weighted by Gasteiger charge is -2.32. The van der Waals surface area contributed by atoms with Gasteiger partial charge in [-0.15, -0.1) is 11.6 Å². The number of likely N-dealkylation sites (tertiary alicyclic amines) is 1. The van der Waals surface area contributed by atoms with Crippen LogP contribution in [0.15, 0.2) is 0 Å². The van der Waals surface area contributed by atoms with Crippen LogP contribution in [-0.4, -0.2) is 28.3 Å². The fourth-order valence-corrected chi connectivity index (χ4v) is 1.85. The minimum absolute atomic E-state index is 0.0141. The lowest BCUT2D eigenvalue weighted by molar-refractivity contribution is -0.133. The molecule has 0 aromatic rings. The van der Waals surface area contributed by atoms with Crippen molar-refractivity contribution >= 4 is 17.5 Å². The summed E-state index contributed by atoms with van der Waals surface area (Å²) in [5.74, 6) is 0.0687. The molecule has 1 amide bonds. The van der Waals surface area contributed by atoms with Gasteiger partial charge in [0.2, 0.25) is 5.91 Å². The zero-order valence-corrected chi connectivity index (χ0v) is 8.69. The first-order chi connectivity index (χ1) is 5.45. The molecule has 0 aliphatic carbocycles. The Morgan fingerprint density at radius 2 is 2.17 bits per heavy atom. The smallest absolute Gasteiger partial charge is 0.240 e. The number of carbonyl (C=O) groups is 1. The van der Waals surface area contributed by atoms with Crippen molar-refractivity contribution in [3.8, 4) is 0 Å². The van der Waals surface area contributed by atoms with E-state index in [9.17, 15) is 4.79 Å². The maximum Gasteiger partial charge on any atom is 0.240 e. The van der Waals surface area contributed by atoms with Crippen LogP contribution in [0.4, 0.5) is 0 Å². The molecule has 1 aliphatic heterocycles. The number of carbonyl (C=O) groups excluding carboxylic acids is 1. The van der Waals surface area contributed by atoms with E-state index >= 15 is 0 Å². The average molecular weight is 190 g/mol. The standard InChI is InChI=1S/C9H16ClNO/c1-7(10)8(12)11-6-4-5-9(11,2)3/h7H,4-6H2,1-3H3/t7-/m1/s1. The van der Waals surface area contributed by atoms with E-state index in [1.54, 1.807) is 6.92 Å². The Balaban J connectivity index is 2.69. The monoisotopic (exact) mass is 189 g/mol. The zero-order valence-electron chi connectivity index (χ0n) is 7.93. The number of amides is 1. The van der Waals surface area contributed by atoms with E-state index in [0.29, 0.717) is 0 Å². The van der Waals surface area contributed by atoms with Crippen molar-refractivity contribution in [2.45, 2.75) is 44.5 Å². The lowest BCUT2D eigenvalue weighted by Crippen LogP contribution is -2.45. The second kappa shape index (κ2) is 3.25. The van der Waals surface area contributed by atoms with Gasteiger partial charge in [0, 0.05) is 12.1 Å². The molecule has 1 aliphatic rings. The summed E-state index contributed by atoms with van der Waals surface area (Å²) in [6.07, 6.45) is 2.19. The Kier molecular flexibility index (Phi) is 2.67. The molecule has 1 rings (SSSR count). The first-order valence-corrected chi connectivity index (χ1v) is 4.84. The van der Waals surface area contributed by atoms with E-state index in [4.69, 9.17) is 11.6 Å². The maximum absolute atomic E-state index is 11.6. The molecule has 0 saturated carbocycles. The number of nitrogens with zero attached hydrogens (tertiary/aromatic N) is 1. The van der Waals surface area contributed by atoms with Crippen LogP contribution < -0.4 is 0 Å². The van der Waals surface area contributed by atoms with Crippen LogP contribution in [0, 0.1) is 0 Å². The molecule has 0 aromatic carbocycles. The predicted molar refractivity (Wildman–Crippen MR) is 50.3 cm³/mol. The van der Waals surface area contributed by atoms with Crippen molar-refractivity contribution in [2.24, 2.45) is 0 Å². The van der Waals surface area contributed by atoms with Gasteiger partial charge in [0.15, 0.2) is 0 Å². The van der Waals surface area contributed by atoms with Gasteiger partial charge in [-0.3, -0.25) is 4.79 Å². The topological polar surface area (TPSA) is 20.3 Å². The molecule has 1 saturated heterocycles. The van der Waals surface area contributed by atoms with Gasteiger partial charge in [0.05, 0.1) is 0 Å². The van der Waals surface area contributed by atoms with E-state index in [-0.39, 0.29) is 16.8 Å². The summed E-state index contributed by atoms with van der Waals surface area (Å²) in [4.78, 5) is 13.4. The highest BCUT2D eigenvalue weighted by atomic mass is 35.5. The highest BCUT2D eigenvalue weighted by molar-refractivity contribution is 6.30. The first kappa shape index (κ1) is 9.85. The molecule has 0 radical (unpaired) electrons. The predicted octanol–water partition coefficient (Wildman–Crippen LogP) is 2.01. The zero-order chi connectivity index (χ0) is 9.35. The molecule has 70 valence electrons. The number of halogens is 1. The van der Waals surface area contributed by atoms with Gasteiger partial charge in [0.25, 0.3) is 0 Å². The summed E-state index contributed by atoms with van der Waals surface area (Å²) in [6, 6.07) is 0. The lowest BCUT2D eigenvalue weighted by atomic mass is 10.0. The summed E-state index contributed by atoms with van der Waals surface area (Å²) >= 11 is 5.74. The quantitative estimate of drug-likeness (QED) is 0.578. The number of alkyl halides is 1. The Morgan fingerprint density at radius 3 is 2.50 bits per heavy atom. The van der Waals surface area contributed by atoms with Gasteiger partial charge in [-0.1, -0.05) is 0 Å². The third-order valence-corrected chi connectivity index (χ3v) is 2.69. The Hall–Kier alpha value is -0.240. The normalized spacial score (nSPS) is 24.2. The summed E-state index contributed by atoms with van der Waals surface area (Å²) in [5, 5.41) is -0.387. The summed E-state index contributed by atoms with van der Waals surface area (Å²) in [7, 11) is 0. The van der Waals surface area contributed by atoms with Crippen molar-refractivity contribution in [1.29, 1.82) is 0 Å². The third-order valence-electron chi connectivity index (χ3n) is 2.51. The molecular weight excluding hydrogens is 174 g/mol. The molecule has 3 heteroatoms. The molecule has 0 spiro atoms. The fourth-order valence-electron chi connectivity index (χ4n) is 1.73. The van der Waals surface area contributed by atoms with E-state index in [1.165, 1.54) is 0 Å². The second-order valence-electron chi connectivity index (χ2n) is 4.02. The minimum atomic E-state index is -0.387. The molecular formula is C9H16ClNO. The molecule has 1 fully saturated rings. The van der Waals surface area contributed by atoms with Crippen LogP contribution in [0.2, 0.25) is 0 Å². The second-order valence-corrected chi connectivity index (χ2v) is 4.68. The van der Waals surface area contributed by atoms with E-state index in [2.05, 4.69) is 13.8 Å². The number of hydrogen-bond donors (Lipinski definition) is 0. The Morgan fingerprint density at radius 1 is 1.58 bits per heavy atom. The third kappa shape index (κ3) is 1.74. The molecule has 0 aromatic heterocycles. The summed E-state index contributed by atoms with van der Waals surface area (Å²) in [5.41, 5.74) is 0.0141. The highest BCUT2D eigenvalue weighted by Gasteiger charge is 2.36. The van der Waals surface area contributed by atoms with Gasteiger partial charge in [-0.25, -0.2) is 0 Å². The molecule has 12 heavy (non-hydrogen) atoms. The SMILES string of the molecule is C[C@@H](Cl)C(=O)N1CCCC1(C)C. The molecule has 2 nitrogen and oxygen atoms in total. The number of hydrogen-bond acceptors (Lipinski definition) is 1. The molecule has 1 heterocycles. The van der Waals surface area contributed by atoms with Gasteiger partial charge < -0.3 is 4.90 Å². The van der Waals surface area contributed by atoms with E-state index in [0.717, 1.165) is 19.4 Å². The van der Waals surface area contributed by atoms with Crippen molar-refractivity contribution in [3.63, 3.8) is 0 Å². The minimum Gasteiger partial charge on any atom is -0.336 e. The van der Waals surface area contributed by atoms with E-state index < -0.39 is 0 Å². The van der Waals surface area contributed by atoms with Gasteiger partial charge in [-0.2, -0.15) is 0 Å². The van der Waals surface area contributed by atoms with Crippen LogP contribution in [0.3, 0.4) is 0 Å². The molecule has 0 unspecified atom stereocenters. The summed E-state index contributed by atoms with van der Waals surface area (Å²) in [6.45, 7) is 6.79. The van der Waals surface area contributed by atoms with Crippen LogP contribution in [0.1, 0.15) is 33.6 Å². The van der Waals surface area contributed by atoms with Crippen LogP contribution in [0.25, 0.3) is 0 Å². The fraction of sp³-hybridized carbons (Fsp3) is 0.889. The van der Waals surface area contributed by atoms with Crippen LogP contribution in [-0.2, 0) is 4.79 Å². The molecule has 0 bridgehead atoms. The van der Waals surface area contributed by atoms with Gasteiger partial charge in [0.1, 0.15) is 5.38 Å². The van der Waals surface area contributed by atoms with Crippen LogP contribution >= 0.6 is 11.6 Å². The van der Waals surface area contributed by atoms with Gasteiger partial charge >= 0.3 is 0 Å². The van der Waals surface area contributed by atoms with Crippen molar-refractivity contribution in [1.82, 2.24) is 4.90 Å². The Labute approximate surface area is 78.9 Å². The molecule has 1 atom stereocenters. The average Bonchev–Trinajstić information content (AvgIpc) is 2.27. The van der Waals surface area contributed by atoms with E-state index in [1.807, 2.05) is 4.90 Å². The van der Waals surface area contributed by atoms with Crippen LogP contribution in [0.5, 0.6) is 0 Å². The van der Waals surface area contributed by atoms with Crippen molar-refractivity contribution in [2.75, 3.05) is 6.54 Å². The van der Waals surface area contributed by atoms with Crippen molar-refractivity contribution < 1.29 is 4.79 Å². The maximum atomic E-state index is 11.6. The highest BCUT2D eigenvalue weighted by Crippen LogP contribution is 2.29. The first-order valence-electron chi connectivity index (χ1n) is 4.41. The Bertz CT molecular complexity index is 189. The van der Waals surface area contributed by atoms with Crippen molar-refractivity contribution in [3.05, 3.63) is 0 Å². The molecule has 0 N–H and O–H groups in total. The largest absolute Gasteiger partial charge is 0.336 e. The van der Waals surface area contributed by atoms with Gasteiger partial charge in [-0.05, 0) is 33.6 Å². The summed E-state index contributed by atoms with van der Waals surface area (Å²) < 4.78 is 0. The number of rotatable bonds is 1.